The second-order valence-electron chi connectivity index (χ2n) is 18.8. The van der Waals surface area contributed by atoms with Crippen LogP contribution in [0.4, 0.5) is 0 Å². The molecule has 0 amide bonds. The van der Waals surface area contributed by atoms with Gasteiger partial charge in [-0.3, -0.25) is 14.4 Å². The van der Waals surface area contributed by atoms with Crippen LogP contribution in [0.25, 0.3) is 0 Å². The van der Waals surface area contributed by atoms with Gasteiger partial charge in [0.1, 0.15) is 13.2 Å². The summed E-state index contributed by atoms with van der Waals surface area (Å²) in [6.07, 6.45) is 80.5. The monoisotopic (exact) mass is 983 g/mol. The van der Waals surface area contributed by atoms with E-state index in [9.17, 15) is 14.4 Å². The predicted molar refractivity (Wildman–Crippen MR) is 306 cm³/mol. The zero-order valence-corrected chi connectivity index (χ0v) is 45.9. The number of rotatable bonds is 51. The van der Waals surface area contributed by atoms with Gasteiger partial charge in [0, 0.05) is 19.3 Å². The van der Waals surface area contributed by atoms with Gasteiger partial charge in [-0.05, 0) is 128 Å². The summed E-state index contributed by atoms with van der Waals surface area (Å²) in [6, 6.07) is 0. The van der Waals surface area contributed by atoms with Crippen LogP contribution in [-0.2, 0) is 28.6 Å². The van der Waals surface area contributed by atoms with Crippen LogP contribution in [0, 0.1) is 0 Å². The van der Waals surface area contributed by atoms with Crippen molar-refractivity contribution in [1.29, 1.82) is 0 Å². The molecule has 6 heteroatoms. The van der Waals surface area contributed by atoms with E-state index in [0.29, 0.717) is 19.3 Å². The lowest BCUT2D eigenvalue weighted by Crippen LogP contribution is -2.30. The average Bonchev–Trinajstić information content (AvgIpc) is 3.37. The topological polar surface area (TPSA) is 78.9 Å². The normalized spacial score (nSPS) is 13.0. The number of hydrogen-bond acceptors (Lipinski definition) is 6. The van der Waals surface area contributed by atoms with Gasteiger partial charge in [0.15, 0.2) is 6.10 Å². The van der Waals surface area contributed by atoms with Gasteiger partial charge in [-0.25, -0.2) is 0 Å². The van der Waals surface area contributed by atoms with E-state index in [1.54, 1.807) is 0 Å². The average molecular weight is 984 g/mol. The molecule has 0 radical (unpaired) electrons. The van der Waals surface area contributed by atoms with Crippen molar-refractivity contribution in [2.45, 2.75) is 258 Å². The maximum Gasteiger partial charge on any atom is 0.306 e. The minimum absolute atomic E-state index is 0.122. The lowest BCUT2D eigenvalue weighted by atomic mass is 10.1. The Morgan fingerprint density at radius 2 is 0.521 bits per heavy atom. The molecule has 0 aromatic heterocycles. The van der Waals surface area contributed by atoms with Crippen molar-refractivity contribution in [3.63, 3.8) is 0 Å². The molecule has 0 aliphatic heterocycles. The van der Waals surface area contributed by atoms with Crippen LogP contribution in [-0.4, -0.2) is 37.2 Å². The summed E-state index contributed by atoms with van der Waals surface area (Å²) in [6.45, 7) is 6.46. The predicted octanol–water partition coefficient (Wildman–Crippen LogP) is 19.6. The number of carbonyl (C=O) groups is 3. The molecule has 0 fully saturated rings. The first kappa shape index (κ1) is 66.8. The van der Waals surface area contributed by atoms with Crippen molar-refractivity contribution in [1.82, 2.24) is 0 Å². The van der Waals surface area contributed by atoms with Gasteiger partial charge >= 0.3 is 17.9 Å². The fourth-order valence-electron chi connectivity index (χ4n) is 7.52. The van der Waals surface area contributed by atoms with E-state index in [1.165, 1.54) is 122 Å². The Bertz CT molecular complexity index is 1500. The molecule has 0 aromatic carbocycles. The van der Waals surface area contributed by atoms with Crippen molar-refractivity contribution < 1.29 is 28.6 Å². The van der Waals surface area contributed by atoms with Crippen molar-refractivity contribution in [3.05, 3.63) is 122 Å². The molecule has 0 rings (SSSR count). The van der Waals surface area contributed by atoms with Gasteiger partial charge < -0.3 is 14.2 Å². The SMILES string of the molecule is CCCCC/C=C\C/C=C\C/C=C\C/C=C\CCCC(=O)OC[C@@H](COC(=O)CCCCCCCCCCC/C=C\C/C=C\CCCCC)OC(=O)CCC/C=C\C/C=C\C/C=C\C/C=C\CCCCC. The largest absolute Gasteiger partial charge is 0.462 e. The number of hydrogen-bond donors (Lipinski definition) is 0. The molecule has 0 bridgehead atoms. The first-order valence-corrected chi connectivity index (χ1v) is 29.0. The van der Waals surface area contributed by atoms with Gasteiger partial charge in [0.05, 0.1) is 0 Å². The van der Waals surface area contributed by atoms with Crippen molar-refractivity contribution in [3.8, 4) is 0 Å². The second kappa shape index (κ2) is 58.4. The van der Waals surface area contributed by atoms with Crippen LogP contribution in [0.1, 0.15) is 252 Å². The Balaban J connectivity index is 4.56. The summed E-state index contributed by atoms with van der Waals surface area (Å²) in [4.78, 5) is 38.1. The number of carbonyl (C=O) groups excluding carboxylic acids is 3. The van der Waals surface area contributed by atoms with Crippen LogP contribution >= 0.6 is 0 Å². The van der Waals surface area contributed by atoms with E-state index >= 15 is 0 Å². The van der Waals surface area contributed by atoms with Crippen LogP contribution in [0.5, 0.6) is 0 Å². The van der Waals surface area contributed by atoms with Crippen LogP contribution in [0.15, 0.2) is 122 Å². The summed E-state index contributed by atoms with van der Waals surface area (Å²) >= 11 is 0. The highest BCUT2D eigenvalue weighted by Gasteiger charge is 2.19. The third-order valence-corrected chi connectivity index (χ3v) is 11.9. The smallest absolute Gasteiger partial charge is 0.306 e. The summed E-state index contributed by atoms with van der Waals surface area (Å²) in [5.41, 5.74) is 0. The molecule has 0 unspecified atom stereocenters. The maximum absolute atomic E-state index is 12.8. The lowest BCUT2D eigenvalue weighted by Gasteiger charge is -2.18. The van der Waals surface area contributed by atoms with E-state index in [-0.39, 0.29) is 44.0 Å². The number of ether oxygens (including phenoxy) is 3. The van der Waals surface area contributed by atoms with Gasteiger partial charge in [-0.2, -0.15) is 0 Å². The minimum Gasteiger partial charge on any atom is -0.462 e. The maximum atomic E-state index is 12.8. The van der Waals surface area contributed by atoms with E-state index in [0.717, 1.165) is 77.0 Å². The molecule has 1 atom stereocenters. The van der Waals surface area contributed by atoms with E-state index < -0.39 is 6.10 Å². The Hall–Kier alpha value is -4.19. The highest BCUT2D eigenvalue weighted by molar-refractivity contribution is 5.71. The Morgan fingerprint density at radius 3 is 0.845 bits per heavy atom. The molecule has 6 nitrogen and oxygen atoms in total. The zero-order chi connectivity index (χ0) is 51.4. The molecule has 0 spiro atoms. The standard InChI is InChI=1S/C65H106O6/c1-4-7-10-13-16-19-22-25-28-31-32-35-37-40-43-46-49-52-55-58-64(67)70-61-62(71-65(68)59-56-53-50-47-44-41-38-34-30-27-24-21-18-15-12-9-6-3)60-69-63(66)57-54-51-48-45-42-39-36-33-29-26-23-20-17-14-11-8-5-2/h16-21,25-30,36,38-39,41,45,47-48,50,62H,4-15,22-24,31-35,37,40,42-44,46,49,51-61H2,1-3H3/b19-16-,20-17-,21-18-,28-25-,29-26-,30-27-,39-36-,41-38-,48-45-,50-47-/t62-/m0/s1. The third kappa shape index (κ3) is 56.6. The van der Waals surface area contributed by atoms with E-state index in [4.69, 9.17) is 14.2 Å². The highest BCUT2D eigenvalue weighted by atomic mass is 16.6. The first-order chi connectivity index (χ1) is 35.0. The fraction of sp³-hybridized carbons (Fsp3) is 0.646. The molecule has 0 aliphatic rings. The van der Waals surface area contributed by atoms with Gasteiger partial charge in [0.25, 0.3) is 0 Å². The fourth-order valence-corrected chi connectivity index (χ4v) is 7.52. The van der Waals surface area contributed by atoms with Crippen LogP contribution in [0.2, 0.25) is 0 Å². The van der Waals surface area contributed by atoms with Crippen molar-refractivity contribution in [2.75, 3.05) is 13.2 Å². The zero-order valence-electron chi connectivity index (χ0n) is 45.9. The number of unbranched alkanes of at least 4 members (excludes halogenated alkanes) is 20. The van der Waals surface area contributed by atoms with Crippen LogP contribution < -0.4 is 0 Å². The minimum atomic E-state index is -0.834. The lowest BCUT2D eigenvalue weighted by molar-refractivity contribution is -0.167. The van der Waals surface area contributed by atoms with Gasteiger partial charge in [-0.1, -0.05) is 226 Å². The second-order valence-corrected chi connectivity index (χ2v) is 18.8. The van der Waals surface area contributed by atoms with Crippen LogP contribution in [0.3, 0.4) is 0 Å². The van der Waals surface area contributed by atoms with Gasteiger partial charge in [0.2, 0.25) is 0 Å². The quantitative estimate of drug-likeness (QED) is 0.0261. The van der Waals surface area contributed by atoms with Crippen molar-refractivity contribution >= 4 is 17.9 Å². The summed E-state index contributed by atoms with van der Waals surface area (Å²) in [5, 5.41) is 0. The van der Waals surface area contributed by atoms with Crippen molar-refractivity contribution in [2.24, 2.45) is 0 Å². The molecule has 0 saturated heterocycles. The molecule has 0 N–H and O–H groups in total. The summed E-state index contributed by atoms with van der Waals surface area (Å²) < 4.78 is 16.8. The highest BCUT2D eigenvalue weighted by Crippen LogP contribution is 2.13. The number of esters is 3. The van der Waals surface area contributed by atoms with E-state index in [2.05, 4.69) is 142 Å². The summed E-state index contributed by atoms with van der Waals surface area (Å²) in [5.74, 6) is -1.04. The summed E-state index contributed by atoms with van der Waals surface area (Å²) in [7, 11) is 0. The van der Waals surface area contributed by atoms with E-state index in [1.807, 2.05) is 0 Å². The molecule has 402 valence electrons. The number of allylic oxidation sites excluding steroid dienone is 20. The molecule has 0 aliphatic carbocycles. The molecule has 0 saturated carbocycles. The Morgan fingerprint density at radius 1 is 0.282 bits per heavy atom. The molecule has 0 aromatic rings. The molecule has 71 heavy (non-hydrogen) atoms. The Labute approximate surface area is 437 Å². The third-order valence-electron chi connectivity index (χ3n) is 11.9. The molecule has 0 heterocycles. The van der Waals surface area contributed by atoms with Gasteiger partial charge in [-0.15, -0.1) is 0 Å². The molecular weight excluding hydrogens is 877 g/mol. The first-order valence-electron chi connectivity index (χ1n) is 29.0. The Kier molecular flexibility index (Phi) is 54.9. The molecular formula is C65H106O6.